The molecular formula is C31H35N7O. The third-order valence-corrected chi connectivity index (χ3v) is 8.52. The van der Waals surface area contributed by atoms with Crippen LogP contribution in [0.3, 0.4) is 0 Å². The lowest BCUT2D eigenvalue weighted by molar-refractivity contribution is 0.122. The van der Waals surface area contributed by atoms with Gasteiger partial charge >= 0.3 is 0 Å². The van der Waals surface area contributed by atoms with Gasteiger partial charge in [-0.05, 0) is 80.3 Å². The van der Waals surface area contributed by atoms with Crippen molar-refractivity contribution in [3.8, 4) is 11.4 Å². The number of pyridine rings is 1. The summed E-state index contributed by atoms with van der Waals surface area (Å²) in [7, 11) is 0. The molecule has 7 rings (SSSR count). The first-order valence-corrected chi connectivity index (χ1v) is 14.4. The first-order chi connectivity index (χ1) is 19.3. The number of morpholine rings is 1. The van der Waals surface area contributed by atoms with E-state index in [1.165, 1.54) is 36.6 Å². The van der Waals surface area contributed by atoms with Crippen LogP contribution in [-0.4, -0.2) is 56.0 Å². The second-order valence-electron chi connectivity index (χ2n) is 11.0. The third-order valence-electron chi connectivity index (χ3n) is 8.52. The highest BCUT2D eigenvalue weighted by molar-refractivity contribution is 5.90. The molecule has 1 saturated carbocycles. The first kappa shape index (κ1) is 24.3. The average molecular weight is 522 g/mol. The van der Waals surface area contributed by atoms with Crippen molar-refractivity contribution in [2.24, 2.45) is 5.92 Å². The summed E-state index contributed by atoms with van der Waals surface area (Å²) in [4.78, 5) is 20.1. The zero-order chi connectivity index (χ0) is 26.0. The average Bonchev–Trinajstić information content (AvgIpc) is 3.65. The molecule has 2 aliphatic rings. The fraction of sp³-hybridized carbons (Fsp3) is 0.419. The molecule has 39 heavy (non-hydrogen) atoms. The Morgan fingerprint density at radius 1 is 0.974 bits per heavy atom. The number of ether oxygens (including phenoxy) is 1. The van der Waals surface area contributed by atoms with Gasteiger partial charge in [0.05, 0.1) is 30.8 Å². The molecule has 1 aliphatic carbocycles. The summed E-state index contributed by atoms with van der Waals surface area (Å²) < 4.78 is 7.84. The Labute approximate surface area is 228 Å². The Kier molecular flexibility index (Phi) is 6.70. The number of fused-ring (bicyclic) bond motifs is 2. The molecule has 5 heterocycles. The quantitative estimate of drug-likeness (QED) is 0.284. The number of benzene rings is 1. The molecule has 200 valence electrons. The standard InChI is InChI=1S/C31H35N7O/c1(4-23-5-2-13-32-20-23)3-22-6-9-26(10-7-22)38-31-27(21-34-38)30(37-15-17-39-18-16-37)35-29(36-31)25-8-11-28-24(19-25)12-14-33-28/h2,5,8,11-14,19-22,26,33H,1,3-4,6-7,9-10,15-18H2. The van der Waals surface area contributed by atoms with E-state index in [-0.39, 0.29) is 0 Å². The number of nitrogens with zero attached hydrogens (tertiary/aromatic N) is 6. The number of anilines is 1. The van der Waals surface area contributed by atoms with Crippen molar-refractivity contribution in [2.75, 3.05) is 31.2 Å². The van der Waals surface area contributed by atoms with Crippen LogP contribution in [-0.2, 0) is 11.2 Å². The van der Waals surface area contributed by atoms with Crippen molar-refractivity contribution in [3.63, 3.8) is 0 Å². The minimum Gasteiger partial charge on any atom is -0.378 e. The molecule has 0 spiro atoms. The molecule has 0 atom stereocenters. The number of H-pyrrole nitrogens is 1. The van der Waals surface area contributed by atoms with Gasteiger partial charge in [-0.2, -0.15) is 5.10 Å². The van der Waals surface area contributed by atoms with Crippen molar-refractivity contribution in [2.45, 2.75) is 51.0 Å². The highest BCUT2D eigenvalue weighted by atomic mass is 16.5. The largest absolute Gasteiger partial charge is 0.378 e. The molecule has 1 aliphatic heterocycles. The molecule has 8 heteroatoms. The van der Waals surface area contributed by atoms with Crippen LogP contribution in [0.5, 0.6) is 0 Å². The predicted octanol–water partition coefficient (Wildman–Crippen LogP) is 5.96. The zero-order valence-electron chi connectivity index (χ0n) is 22.3. The number of aromatic amines is 1. The molecule has 1 N–H and O–H groups in total. The Hall–Kier alpha value is -3.78. The van der Waals surface area contributed by atoms with E-state index in [2.05, 4.69) is 49.9 Å². The van der Waals surface area contributed by atoms with Crippen LogP contribution in [0.4, 0.5) is 5.82 Å². The van der Waals surface area contributed by atoms with Crippen LogP contribution in [0.1, 0.15) is 50.1 Å². The summed E-state index contributed by atoms with van der Waals surface area (Å²) in [5.41, 5.74) is 4.45. The van der Waals surface area contributed by atoms with Gasteiger partial charge in [-0.1, -0.05) is 12.5 Å². The second kappa shape index (κ2) is 10.8. The summed E-state index contributed by atoms with van der Waals surface area (Å²) in [6.45, 7) is 3.10. The third kappa shape index (κ3) is 5.01. The van der Waals surface area contributed by atoms with Crippen LogP contribution >= 0.6 is 0 Å². The van der Waals surface area contributed by atoms with Crippen LogP contribution in [0.15, 0.2) is 61.2 Å². The molecule has 2 fully saturated rings. The van der Waals surface area contributed by atoms with Crippen LogP contribution in [0.2, 0.25) is 0 Å². The van der Waals surface area contributed by atoms with Gasteiger partial charge in [0, 0.05) is 48.1 Å². The van der Waals surface area contributed by atoms with Crippen LogP contribution in [0, 0.1) is 5.92 Å². The maximum Gasteiger partial charge on any atom is 0.164 e. The fourth-order valence-corrected chi connectivity index (χ4v) is 6.33. The fourth-order valence-electron chi connectivity index (χ4n) is 6.33. The van der Waals surface area contributed by atoms with Gasteiger partial charge in [0.1, 0.15) is 5.82 Å². The van der Waals surface area contributed by atoms with E-state index in [1.54, 1.807) is 0 Å². The van der Waals surface area contributed by atoms with E-state index in [0.717, 1.165) is 85.2 Å². The van der Waals surface area contributed by atoms with Crippen molar-refractivity contribution in [3.05, 3.63) is 66.7 Å². The number of hydrogen-bond donors (Lipinski definition) is 1. The highest BCUT2D eigenvalue weighted by Gasteiger charge is 2.27. The van der Waals surface area contributed by atoms with E-state index in [1.807, 2.05) is 30.9 Å². The summed E-state index contributed by atoms with van der Waals surface area (Å²) in [6, 6.07) is 13.1. The second-order valence-corrected chi connectivity index (χ2v) is 11.0. The van der Waals surface area contributed by atoms with Gasteiger partial charge in [0.25, 0.3) is 0 Å². The van der Waals surface area contributed by atoms with E-state index < -0.39 is 0 Å². The van der Waals surface area contributed by atoms with E-state index in [9.17, 15) is 0 Å². The SMILES string of the molecule is c1cncc(CCCC2CCC(n3ncc4c(N5CCOCC5)nc(-c5ccc6[nH]ccc6c5)nc43)CC2)c1. The van der Waals surface area contributed by atoms with Gasteiger partial charge in [-0.15, -0.1) is 0 Å². The lowest BCUT2D eigenvalue weighted by Crippen LogP contribution is -2.37. The molecule has 4 aromatic heterocycles. The number of rotatable bonds is 7. The molecule has 1 saturated heterocycles. The lowest BCUT2D eigenvalue weighted by atomic mass is 9.83. The smallest absolute Gasteiger partial charge is 0.164 e. The predicted molar refractivity (Wildman–Crippen MR) is 154 cm³/mol. The Bertz CT molecular complexity index is 1550. The Balaban J connectivity index is 1.14. The van der Waals surface area contributed by atoms with Gasteiger partial charge in [0.2, 0.25) is 0 Å². The molecule has 0 radical (unpaired) electrons. The number of nitrogens with one attached hydrogen (secondary N) is 1. The van der Waals surface area contributed by atoms with Crippen LogP contribution in [0.25, 0.3) is 33.3 Å². The number of aryl methyl sites for hydroxylation is 1. The number of aromatic nitrogens is 6. The normalized spacial score (nSPS) is 20.2. The van der Waals surface area contributed by atoms with Gasteiger partial charge in [0.15, 0.2) is 11.5 Å². The molecular weight excluding hydrogens is 486 g/mol. The minimum atomic E-state index is 0.379. The van der Waals surface area contributed by atoms with Crippen molar-refractivity contribution in [1.29, 1.82) is 0 Å². The van der Waals surface area contributed by atoms with Gasteiger partial charge in [-0.3, -0.25) is 4.98 Å². The van der Waals surface area contributed by atoms with E-state index in [4.69, 9.17) is 19.8 Å². The lowest BCUT2D eigenvalue weighted by Gasteiger charge is -2.30. The summed E-state index contributed by atoms with van der Waals surface area (Å²) in [5, 5.41) is 7.13. The van der Waals surface area contributed by atoms with Crippen molar-refractivity contribution < 1.29 is 4.74 Å². The molecule has 8 nitrogen and oxygen atoms in total. The minimum absolute atomic E-state index is 0.379. The van der Waals surface area contributed by atoms with Gasteiger partial charge < -0.3 is 14.6 Å². The molecule has 0 unspecified atom stereocenters. The molecule has 5 aromatic rings. The first-order valence-electron chi connectivity index (χ1n) is 14.4. The summed E-state index contributed by atoms with van der Waals surface area (Å²) >= 11 is 0. The van der Waals surface area contributed by atoms with E-state index >= 15 is 0 Å². The van der Waals surface area contributed by atoms with Gasteiger partial charge in [-0.25, -0.2) is 14.6 Å². The Morgan fingerprint density at radius 2 is 1.87 bits per heavy atom. The topological polar surface area (TPSA) is 84.8 Å². The highest BCUT2D eigenvalue weighted by Crippen LogP contribution is 2.37. The number of hydrogen-bond acceptors (Lipinski definition) is 6. The molecule has 0 amide bonds. The maximum atomic E-state index is 5.64. The maximum absolute atomic E-state index is 5.64. The monoisotopic (exact) mass is 521 g/mol. The van der Waals surface area contributed by atoms with E-state index in [0.29, 0.717) is 6.04 Å². The Morgan fingerprint density at radius 3 is 2.72 bits per heavy atom. The summed E-state index contributed by atoms with van der Waals surface area (Å²) in [6.07, 6.45) is 16.2. The van der Waals surface area contributed by atoms with Crippen molar-refractivity contribution >= 4 is 27.8 Å². The van der Waals surface area contributed by atoms with Crippen LogP contribution < -0.4 is 4.90 Å². The zero-order valence-corrected chi connectivity index (χ0v) is 22.3. The molecule has 1 aromatic carbocycles. The van der Waals surface area contributed by atoms with Crippen molar-refractivity contribution in [1.82, 2.24) is 29.7 Å². The molecule has 0 bridgehead atoms. The summed E-state index contributed by atoms with van der Waals surface area (Å²) in [5.74, 6) is 2.53.